The van der Waals surface area contributed by atoms with Crippen molar-refractivity contribution in [1.82, 2.24) is 30.1 Å². The summed E-state index contributed by atoms with van der Waals surface area (Å²) in [5.74, 6) is 0.577. The van der Waals surface area contributed by atoms with Crippen LogP contribution in [0.15, 0.2) is 73.1 Å². The van der Waals surface area contributed by atoms with Crippen LogP contribution in [0.4, 0.5) is 11.6 Å². The second-order valence-corrected chi connectivity index (χ2v) is 10.5. The van der Waals surface area contributed by atoms with Gasteiger partial charge in [0.05, 0.1) is 16.9 Å². The molecule has 1 amide bonds. The highest BCUT2D eigenvalue weighted by molar-refractivity contribution is 6.33. The Labute approximate surface area is 234 Å². The summed E-state index contributed by atoms with van der Waals surface area (Å²) in [5, 5.41) is 8.47. The third-order valence-corrected chi connectivity index (χ3v) is 7.13. The van der Waals surface area contributed by atoms with Gasteiger partial charge in [-0.2, -0.15) is 0 Å². The summed E-state index contributed by atoms with van der Waals surface area (Å²) >= 11 is 6.47. The standard InChI is InChI=1S/C30H34ClN7O/c1-37(2)15-6-10-28(39)38-16-5-7-23(20-38)32-17-21-11-13-22(14-12-21)35-30-34-19-26(31)29(36-30)25-18-33-27-9-4-3-8-24(25)27/h3-4,6,8-14,18-19,23,32-33H,5,7,15-17,20H2,1-2H3,(H,34,35,36)/b10-6+. The fourth-order valence-corrected chi connectivity index (χ4v) is 4.99. The van der Waals surface area contributed by atoms with Gasteiger partial charge in [0.1, 0.15) is 0 Å². The number of piperidine rings is 1. The minimum atomic E-state index is 0.0936. The number of hydrogen-bond acceptors (Lipinski definition) is 6. The van der Waals surface area contributed by atoms with E-state index in [9.17, 15) is 4.79 Å². The number of carbonyl (C=O) groups is 1. The number of amides is 1. The molecule has 5 rings (SSSR count). The first kappa shape index (κ1) is 26.9. The molecule has 1 saturated heterocycles. The lowest BCUT2D eigenvalue weighted by molar-refractivity contribution is -0.127. The van der Waals surface area contributed by atoms with Crippen LogP contribution in [0.1, 0.15) is 18.4 Å². The predicted octanol–water partition coefficient (Wildman–Crippen LogP) is 5.22. The van der Waals surface area contributed by atoms with E-state index in [2.05, 4.69) is 32.7 Å². The van der Waals surface area contributed by atoms with Crippen LogP contribution < -0.4 is 10.6 Å². The van der Waals surface area contributed by atoms with Gasteiger partial charge in [0, 0.05) is 66.6 Å². The van der Waals surface area contributed by atoms with Gasteiger partial charge in [0.25, 0.3) is 0 Å². The van der Waals surface area contributed by atoms with Crippen LogP contribution in [0.25, 0.3) is 22.2 Å². The van der Waals surface area contributed by atoms with Crippen molar-refractivity contribution in [3.8, 4) is 11.3 Å². The van der Waals surface area contributed by atoms with Gasteiger partial charge in [-0.25, -0.2) is 9.97 Å². The molecule has 0 spiro atoms. The van der Waals surface area contributed by atoms with Gasteiger partial charge in [-0.15, -0.1) is 0 Å². The molecule has 0 bridgehead atoms. The number of fused-ring (bicyclic) bond motifs is 1. The van der Waals surface area contributed by atoms with Crippen LogP contribution in [0, 0.1) is 0 Å². The minimum Gasteiger partial charge on any atom is -0.360 e. The fraction of sp³-hybridized carbons (Fsp3) is 0.300. The monoisotopic (exact) mass is 543 g/mol. The van der Waals surface area contributed by atoms with E-state index >= 15 is 0 Å². The fourth-order valence-electron chi connectivity index (χ4n) is 4.79. The number of H-pyrrole nitrogens is 1. The highest BCUT2D eigenvalue weighted by atomic mass is 35.5. The van der Waals surface area contributed by atoms with E-state index in [0.717, 1.165) is 61.2 Å². The molecule has 9 heteroatoms. The summed E-state index contributed by atoms with van der Waals surface area (Å²) in [6.07, 6.45) is 9.25. The van der Waals surface area contributed by atoms with Crippen LogP contribution in [0.3, 0.4) is 0 Å². The normalized spacial score (nSPS) is 15.9. The zero-order valence-electron chi connectivity index (χ0n) is 22.3. The summed E-state index contributed by atoms with van der Waals surface area (Å²) < 4.78 is 0. The van der Waals surface area contributed by atoms with Gasteiger partial charge in [-0.3, -0.25) is 4.79 Å². The Bertz CT molecular complexity index is 1450. The Kier molecular flexibility index (Phi) is 8.56. The van der Waals surface area contributed by atoms with Crippen LogP contribution in [0.5, 0.6) is 0 Å². The van der Waals surface area contributed by atoms with Crippen LogP contribution in [0.2, 0.25) is 5.02 Å². The van der Waals surface area contributed by atoms with Gasteiger partial charge >= 0.3 is 0 Å². The van der Waals surface area contributed by atoms with Crippen molar-refractivity contribution in [2.45, 2.75) is 25.4 Å². The molecule has 202 valence electrons. The molecule has 8 nitrogen and oxygen atoms in total. The number of para-hydroxylation sites is 1. The molecule has 1 aliphatic rings. The van der Waals surface area contributed by atoms with Crippen LogP contribution >= 0.6 is 11.6 Å². The van der Waals surface area contributed by atoms with Gasteiger partial charge in [-0.05, 0) is 50.7 Å². The van der Waals surface area contributed by atoms with Crippen LogP contribution in [-0.2, 0) is 11.3 Å². The first-order valence-corrected chi connectivity index (χ1v) is 13.6. The number of nitrogens with zero attached hydrogens (tertiary/aromatic N) is 4. The van der Waals surface area contributed by atoms with Crippen LogP contribution in [-0.4, -0.2) is 70.4 Å². The number of hydrogen-bond donors (Lipinski definition) is 3. The largest absolute Gasteiger partial charge is 0.360 e. The number of aromatic amines is 1. The Hall–Kier alpha value is -3.72. The van der Waals surface area contributed by atoms with Crippen molar-refractivity contribution < 1.29 is 4.79 Å². The van der Waals surface area contributed by atoms with Gasteiger partial charge in [0.2, 0.25) is 11.9 Å². The lowest BCUT2D eigenvalue weighted by atomic mass is 10.0. The van der Waals surface area contributed by atoms with E-state index in [-0.39, 0.29) is 11.9 Å². The average molecular weight is 544 g/mol. The summed E-state index contributed by atoms with van der Waals surface area (Å²) in [7, 11) is 3.98. The Morgan fingerprint density at radius 1 is 1.21 bits per heavy atom. The zero-order chi connectivity index (χ0) is 27.2. The maximum absolute atomic E-state index is 12.5. The number of likely N-dealkylation sites (tertiary alicyclic amines) is 1. The topological polar surface area (TPSA) is 89.2 Å². The lowest BCUT2D eigenvalue weighted by Gasteiger charge is -2.32. The second-order valence-electron chi connectivity index (χ2n) is 10.1. The smallest absolute Gasteiger partial charge is 0.246 e. The van der Waals surface area contributed by atoms with Crippen molar-refractivity contribution in [2.24, 2.45) is 0 Å². The number of aromatic nitrogens is 3. The van der Waals surface area contributed by atoms with E-state index in [1.54, 1.807) is 12.3 Å². The molecule has 0 aliphatic carbocycles. The summed E-state index contributed by atoms with van der Waals surface area (Å²) in [6, 6.07) is 16.6. The van der Waals surface area contributed by atoms with E-state index in [0.29, 0.717) is 16.7 Å². The molecule has 0 saturated carbocycles. The Morgan fingerprint density at radius 2 is 2.03 bits per heavy atom. The molecule has 3 N–H and O–H groups in total. The number of anilines is 2. The summed E-state index contributed by atoms with van der Waals surface area (Å²) in [6.45, 7) is 3.06. The molecule has 1 fully saturated rings. The highest BCUT2D eigenvalue weighted by Crippen LogP contribution is 2.32. The van der Waals surface area contributed by atoms with Crippen molar-refractivity contribution >= 4 is 40.0 Å². The molecule has 3 heterocycles. The first-order chi connectivity index (χ1) is 19.0. The van der Waals surface area contributed by atoms with E-state index in [1.807, 2.05) is 72.6 Å². The zero-order valence-corrected chi connectivity index (χ0v) is 23.1. The molecule has 2 aromatic carbocycles. The first-order valence-electron chi connectivity index (χ1n) is 13.2. The molecule has 1 atom stereocenters. The van der Waals surface area contributed by atoms with Gasteiger partial charge in [0.15, 0.2) is 0 Å². The molecule has 0 radical (unpaired) electrons. The number of benzene rings is 2. The van der Waals surface area contributed by atoms with Crippen molar-refractivity contribution in [2.75, 3.05) is 39.0 Å². The summed E-state index contributed by atoms with van der Waals surface area (Å²) in [4.78, 5) is 28.9. The van der Waals surface area contributed by atoms with Gasteiger partial charge in [-0.1, -0.05) is 48.0 Å². The molecule has 39 heavy (non-hydrogen) atoms. The van der Waals surface area contributed by atoms with Crippen molar-refractivity contribution in [3.05, 3.63) is 83.7 Å². The van der Waals surface area contributed by atoms with Crippen molar-refractivity contribution in [1.29, 1.82) is 0 Å². The number of carbonyl (C=O) groups excluding carboxylic acids is 1. The van der Waals surface area contributed by atoms with E-state index in [1.165, 1.54) is 5.56 Å². The quantitative estimate of drug-likeness (QED) is 0.251. The Morgan fingerprint density at radius 3 is 2.85 bits per heavy atom. The third kappa shape index (κ3) is 6.84. The third-order valence-electron chi connectivity index (χ3n) is 6.86. The molecule has 1 unspecified atom stereocenters. The number of likely N-dealkylation sites (N-methyl/N-ethyl adjacent to an activating group) is 1. The summed E-state index contributed by atoms with van der Waals surface area (Å²) in [5.41, 5.74) is 4.72. The lowest BCUT2D eigenvalue weighted by Crippen LogP contribution is -2.47. The molecule has 1 aliphatic heterocycles. The van der Waals surface area contributed by atoms with E-state index < -0.39 is 0 Å². The number of nitrogens with one attached hydrogen (secondary N) is 3. The van der Waals surface area contributed by atoms with E-state index in [4.69, 9.17) is 16.6 Å². The number of rotatable bonds is 9. The SMILES string of the molecule is CN(C)C/C=C/C(=O)N1CCCC(NCc2ccc(Nc3ncc(Cl)c(-c4c[nH]c5ccccc45)n3)cc2)C1. The van der Waals surface area contributed by atoms with Gasteiger partial charge < -0.3 is 25.4 Å². The minimum absolute atomic E-state index is 0.0936. The second kappa shape index (κ2) is 12.4. The predicted molar refractivity (Wildman–Crippen MR) is 158 cm³/mol. The maximum Gasteiger partial charge on any atom is 0.246 e. The molecular formula is C30H34ClN7O. The Balaban J connectivity index is 1.17. The maximum atomic E-state index is 12.5. The number of halogens is 1. The molecule has 4 aromatic rings. The molecule has 2 aromatic heterocycles. The van der Waals surface area contributed by atoms with Crippen molar-refractivity contribution in [3.63, 3.8) is 0 Å². The molecular weight excluding hydrogens is 510 g/mol. The highest BCUT2D eigenvalue weighted by Gasteiger charge is 2.22. The average Bonchev–Trinajstić information content (AvgIpc) is 3.38.